The quantitative estimate of drug-likeness (QED) is 0.729. The van der Waals surface area contributed by atoms with Gasteiger partial charge in [0.1, 0.15) is 6.04 Å². The number of rotatable bonds is 7. The van der Waals surface area contributed by atoms with Crippen LogP contribution >= 0.6 is 11.8 Å². The summed E-state index contributed by atoms with van der Waals surface area (Å²) < 4.78 is 0. The van der Waals surface area contributed by atoms with E-state index in [1.165, 1.54) is 0 Å². The average Bonchev–Trinajstić information content (AvgIpc) is 2.93. The van der Waals surface area contributed by atoms with Crippen LogP contribution < -0.4 is 10.6 Å². The van der Waals surface area contributed by atoms with Gasteiger partial charge in [0.15, 0.2) is 0 Å². The molecule has 1 heterocycles. The first-order valence-corrected chi connectivity index (χ1v) is 8.57. The Morgan fingerprint density at radius 2 is 2.14 bits per heavy atom. The fourth-order valence-electron chi connectivity index (χ4n) is 2.02. The Balaban J connectivity index is 2.06. The van der Waals surface area contributed by atoms with Crippen LogP contribution in [-0.4, -0.2) is 39.8 Å². The molecule has 6 nitrogen and oxygen atoms in total. The molecule has 0 aliphatic rings. The van der Waals surface area contributed by atoms with Crippen LogP contribution in [-0.2, 0) is 9.59 Å². The Hall–Kier alpha value is -2.02. The van der Waals surface area contributed by atoms with Crippen LogP contribution in [0.1, 0.15) is 19.8 Å². The maximum atomic E-state index is 12.4. The average molecular weight is 320 g/mol. The van der Waals surface area contributed by atoms with Gasteiger partial charge in [-0.3, -0.25) is 14.9 Å². The zero-order valence-corrected chi connectivity index (χ0v) is 13.5. The van der Waals surface area contributed by atoms with Crippen LogP contribution in [0, 0.1) is 0 Å². The summed E-state index contributed by atoms with van der Waals surface area (Å²) in [5.74, 6) is 0.800. The second-order valence-electron chi connectivity index (χ2n) is 4.85. The standard InChI is InChI=1S/C15H20N4O2S/c1-3-13(20)16-12(8-9-22-2)14(21)19-15-17-10-6-4-5-7-11(10)18-15/h4-7,12H,3,8-9H2,1-2H3,(H,16,20)(H2,17,18,19,21). The van der Waals surface area contributed by atoms with Crippen LogP contribution in [0.3, 0.4) is 0 Å². The summed E-state index contributed by atoms with van der Waals surface area (Å²) in [5, 5.41) is 5.49. The summed E-state index contributed by atoms with van der Waals surface area (Å²) in [6.07, 6.45) is 2.91. The van der Waals surface area contributed by atoms with Crippen molar-refractivity contribution in [3.63, 3.8) is 0 Å². The molecule has 2 rings (SSSR count). The SMILES string of the molecule is CCC(=O)NC(CCSC)C(=O)Nc1nc2ccccc2[nH]1. The molecule has 2 amide bonds. The molecule has 0 saturated carbocycles. The van der Waals surface area contributed by atoms with Gasteiger partial charge >= 0.3 is 0 Å². The number of carbonyl (C=O) groups is 2. The van der Waals surface area contributed by atoms with E-state index in [9.17, 15) is 9.59 Å². The molecule has 7 heteroatoms. The molecule has 0 aliphatic carbocycles. The van der Waals surface area contributed by atoms with Gasteiger partial charge in [0.25, 0.3) is 0 Å². The number of aromatic nitrogens is 2. The van der Waals surface area contributed by atoms with Gasteiger partial charge in [-0.2, -0.15) is 11.8 Å². The van der Waals surface area contributed by atoms with E-state index in [2.05, 4.69) is 20.6 Å². The number of thioether (sulfide) groups is 1. The summed E-state index contributed by atoms with van der Waals surface area (Å²) in [6, 6.07) is 6.99. The molecule has 1 aromatic heterocycles. The molecule has 2 aromatic rings. The van der Waals surface area contributed by atoms with Crippen molar-refractivity contribution in [2.75, 3.05) is 17.3 Å². The minimum absolute atomic E-state index is 0.133. The van der Waals surface area contributed by atoms with Gasteiger partial charge in [-0.1, -0.05) is 19.1 Å². The minimum atomic E-state index is -0.548. The first kappa shape index (κ1) is 16.4. The predicted octanol–water partition coefficient (Wildman–Crippen LogP) is 2.15. The summed E-state index contributed by atoms with van der Waals surface area (Å²) in [6.45, 7) is 1.76. The van der Waals surface area contributed by atoms with E-state index in [-0.39, 0.29) is 11.8 Å². The number of imidazole rings is 1. The number of hydrogen-bond acceptors (Lipinski definition) is 4. The molecule has 0 radical (unpaired) electrons. The smallest absolute Gasteiger partial charge is 0.249 e. The first-order chi connectivity index (χ1) is 10.6. The lowest BCUT2D eigenvalue weighted by Gasteiger charge is -2.16. The topological polar surface area (TPSA) is 86.9 Å². The normalized spacial score (nSPS) is 12.1. The minimum Gasteiger partial charge on any atom is -0.344 e. The predicted molar refractivity (Wildman–Crippen MR) is 89.9 cm³/mol. The largest absolute Gasteiger partial charge is 0.344 e. The highest BCUT2D eigenvalue weighted by Gasteiger charge is 2.20. The van der Waals surface area contributed by atoms with Gasteiger partial charge in [-0.15, -0.1) is 0 Å². The Kier molecular flexibility index (Phi) is 5.83. The highest BCUT2D eigenvalue weighted by Crippen LogP contribution is 2.14. The number of anilines is 1. The summed E-state index contributed by atoms with van der Waals surface area (Å²) in [7, 11) is 0. The zero-order valence-electron chi connectivity index (χ0n) is 12.7. The van der Waals surface area contributed by atoms with Crippen LogP contribution in [0.5, 0.6) is 0 Å². The molecule has 0 spiro atoms. The third-order valence-electron chi connectivity index (χ3n) is 3.21. The number of amides is 2. The third kappa shape index (κ3) is 4.24. The molecule has 22 heavy (non-hydrogen) atoms. The second kappa shape index (κ2) is 7.84. The zero-order chi connectivity index (χ0) is 15.9. The Morgan fingerprint density at radius 3 is 2.82 bits per heavy atom. The van der Waals surface area contributed by atoms with E-state index in [0.29, 0.717) is 18.8 Å². The fourth-order valence-corrected chi connectivity index (χ4v) is 2.49. The number of carbonyl (C=O) groups excluding carboxylic acids is 2. The molecule has 0 bridgehead atoms. The molecule has 1 unspecified atom stereocenters. The maximum absolute atomic E-state index is 12.4. The van der Waals surface area contributed by atoms with Crippen LogP contribution in [0.2, 0.25) is 0 Å². The molecule has 1 aromatic carbocycles. The number of aromatic amines is 1. The fraction of sp³-hybridized carbons (Fsp3) is 0.400. The van der Waals surface area contributed by atoms with Crippen molar-refractivity contribution in [1.29, 1.82) is 0 Å². The lowest BCUT2D eigenvalue weighted by Crippen LogP contribution is -2.44. The summed E-state index contributed by atoms with van der Waals surface area (Å²) in [4.78, 5) is 31.3. The van der Waals surface area contributed by atoms with Crippen LogP contribution in [0.4, 0.5) is 5.95 Å². The van der Waals surface area contributed by atoms with E-state index >= 15 is 0 Å². The summed E-state index contributed by atoms with van der Waals surface area (Å²) >= 11 is 1.64. The molecular weight excluding hydrogens is 300 g/mol. The van der Waals surface area contributed by atoms with Gasteiger partial charge < -0.3 is 10.3 Å². The number of H-pyrrole nitrogens is 1. The monoisotopic (exact) mass is 320 g/mol. The van der Waals surface area contributed by atoms with E-state index in [0.717, 1.165) is 16.8 Å². The van der Waals surface area contributed by atoms with Crippen molar-refractivity contribution >= 4 is 40.6 Å². The molecule has 118 valence electrons. The van der Waals surface area contributed by atoms with Crippen molar-refractivity contribution in [2.45, 2.75) is 25.8 Å². The lowest BCUT2D eigenvalue weighted by molar-refractivity contribution is -0.126. The van der Waals surface area contributed by atoms with E-state index < -0.39 is 6.04 Å². The molecule has 1 atom stereocenters. The number of nitrogens with zero attached hydrogens (tertiary/aromatic N) is 1. The highest BCUT2D eigenvalue weighted by atomic mass is 32.2. The Bertz CT molecular complexity index is 623. The van der Waals surface area contributed by atoms with Gasteiger partial charge in [0, 0.05) is 6.42 Å². The van der Waals surface area contributed by atoms with Crippen molar-refractivity contribution in [2.24, 2.45) is 0 Å². The molecular formula is C15H20N4O2S. The van der Waals surface area contributed by atoms with Crippen molar-refractivity contribution < 1.29 is 9.59 Å². The molecule has 0 saturated heterocycles. The first-order valence-electron chi connectivity index (χ1n) is 7.18. The number of nitrogens with one attached hydrogen (secondary N) is 3. The van der Waals surface area contributed by atoms with E-state index in [4.69, 9.17) is 0 Å². The number of benzene rings is 1. The van der Waals surface area contributed by atoms with Crippen molar-refractivity contribution in [1.82, 2.24) is 15.3 Å². The lowest BCUT2D eigenvalue weighted by atomic mass is 10.2. The van der Waals surface area contributed by atoms with Gasteiger partial charge in [0.05, 0.1) is 11.0 Å². The van der Waals surface area contributed by atoms with Gasteiger partial charge in [0.2, 0.25) is 17.8 Å². The Morgan fingerprint density at radius 1 is 1.36 bits per heavy atom. The van der Waals surface area contributed by atoms with Crippen LogP contribution in [0.25, 0.3) is 11.0 Å². The van der Waals surface area contributed by atoms with Gasteiger partial charge in [-0.05, 0) is 30.6 Å². The third-order valence-corrected chi connectivity index (χ3v) is 3.86. The highest BCUT2D eigenvalue weighted by molar-refractivity contribution is 7.98. The second-order valence-corrected chi connectivity index (χ2v) is 5.83. The van der Waals surface area contributed by atoms with Gasteiger partial charge in [-0.25, -0.2) is 4.98 Å². The van der Waals surface area contributed by atoms with E-state index in [1.807, 2.05) is 30.5 Å². The van der Waals surface area contributed by atoms with Crippen LogP contribution in [0.15, 0.2) is 24.3 Å². The molecule has 0 aliphatic heterocycles. The number of para-hydroxylation sites is 2. The van der Waals surface area contributed by atoms with Crippen molar-refractivity contribution in [3.05, 3.63) is 24.3 Å². The Labute approximate surface area is 133 Å². The van der Waals surface area contributed by atoms with E-state index in [1.54, 1.807) is 18.7 Å². The molecule has 3 N–H and O–H groups in total. The summed E-state index contributed by atoms with van der Waals surface area (Å²) in [5.41, 5.74) is 1.65. The maximum Gasteiger partial charge on any atom is 0.249 e. The number of fused-ring (bicyclic) bond motifs is 1. The molecule has 0 fully saturated rings. The number of hydrogen-bond donors (Lipinski definition) is 3. The van der Waals surface area contributed by atoms with Crippen molar-refractivity contribution in [3.8, 4) is 0 Å².